The van der Waals surface area contributed by atoms with Gasteiger partial charge in [-0.15, -0.1) is 0 Å². The number of aryl methyl sites for hydroxylation is 1. The van der Waals surface area contributed by atoms with E-state index < -0.39 is 10.0 Å². The van der Waals surface area contributed by atoms with E-state index in [1.54, 1.807) is 42.5 Å². The number of rotatable bonds is 8. The van der Waals surface area contributed by atoms with Crippen molar-refractivity contribution in [3.05, 3.63) is 99.0 Å². The molecule has 0 unspecified atom stereocenters. The van der Waals surface area contributed by atoms with Gasteiger partial charge in [0.2, 0.25) is 10.0 Å². The van der Waals surface area contributed by atoms with Crippen LogP contribution in [0.25, 0.3) is 0 Å². The zero-order valence-electron chi connectivity index (χ0n) is 18.7. The molecular formula is C25H26Cl2N2O3S. The van der Waals surface area contributed by atoms with E-state index in [-0.39, 0.29) is 28.5 Å². The topological polar surface area (TPSA) is 66.5 Å². The van der Waals surface area contributed by atoms with Crippen LogP contribution in [0.3, 0.4) is 0 Å². The van der Waals surface area contributed by atoms with Crippen LogP contribution in [0.4, 0.5) is 5.69 Å². The van der Waals surface area contributed by atoms with Crippen molar-refractivity contribution in [2.45, 2.75) is 32.9 Å². The third-order valence-electron chi connectivity index (χ3n) is 5.34. The Morgan fingerprint density at radius 1 is 1.00 bits per heavy atom. The van der Waals surface area contributed by atoms with Crippen molar-refractivity contribution in [3.63, 3.8) is 0 Å². The number of carbonyl (C=O) groups is 1. The van der Waals surface area contributed by atoms with E-state index in [0.717, 1.165) is 23.8 Å². The largest absolute Gasteiger partial charge is 0.345 e. The molecular weight excluding hydrogens is 479 g/mol. The number of hydrogen-bond acceptors (Lipinski definition) is 3. The van der Waals surface area contributed by atoms with Crippen molar-refractivity contribution in [1.29, 1.82) is 0 Å². The highest BCUT2D eigenvalue weighted by Crippen LogP contribution is 2.34. The predicted octanol–water partition coefficient (Wildman–Crippen LogP) is 6.15. The maximum atomic E-state index is 12.8. The minimum atomic E-state index is -3.62. The van der Waals surface area contributed by atoms with Crippen molar-refractivity contribution in [3.8, 4) is 0 Å². The van der Waals surface area contributed by atoms with E-state index in [2.05, 4.69) is 5.32 Å². The van der Waals surface area contributed by atoms with Gasteiger partial charge in [0.1, 0.15) is 0 Å². The van der Waals surface area contributed by atoms with Gasteiger partial charge in [0.05, 0.1) is 34.6 Å². The number of anilines is 1. The highest BCUT2D eigenvalue weighted by molar-refractivity contribution is 7.92. The summed E-state index contributed by atoms with van der Waals surface area (Å²) in [5, 5.41) is 3.51. The molecule has 0 radical (unpaired) electrons. The maximum Gasteiger partial charge on any atom is 0.251 e. The first kappa shape index (κ1) is 25.1. The Bertz CT molecular complexity index is 1230. The summed E-state index contributed by atoms with van der Waals surface area (Å²) in [5.74, 6) is -0.188. The molecule has 0 saturated heterocycles. The molecule has 0 aliphatic carbocycles. The first-order valence-electron chi connectivity index (χ1n) is 10.5. The number of nitrogens with one attached hydrogen (secondary N) is 1. The summed E-state index contributed by atoms with van der Waals surface area (Å²) in [6.45, 7) is 4.10. The Hall–Kier alpha value is -2.54. The van der Waals surface area contributed by atoms with E-state index in [4.69, 9.17) is 23.2 Å². The molecule has 3 aromatic rings. The number of sulfonamides is 1. The number of carbonyl (C=O) groups excluding carboxylic acids is 1. The van der Waals surface area contributed by atoms with Gasteiger partial charge in [-0.1, -0.05) is 78.2 Å². The molecule has 1 atom stereocenters. The van der Waals surface area contributed by atoms with Crippen LogP contribution >= 0.6 is 23.2 Å². The van der Waals surface area contributed by atoms with E-state index in [9.17, 15) is 13.2 Å². The summed E-state index contributed by atoms with van der Waals surface area (Å²) in [4.78, 5) is 12.8. The summed E-state index contributed by atoms with van der Waals surface area (Å²) in [6, 6.07) is 19.7. The lowest BCUT2D eigenvalue weighted by Crippen LogP contribution is -2.30. The molecule has 0 aliphatic heterocycles. The molecule has 8 heteroatoms. The van der Waals surface area contributed by atoms with Gasteiger partial charge in [-0.25, -0.2) is 8.42 Å². The van der Waals surface area contributed by atoms with Crippen LogP contribution in [0, 0.1) is 6.92 Å². The van der Waals surface area contributed by atoms with Crippen molar-refractivity contribution in [2.75, 3.05) is 10.6 Å². The van der Waals surface area contributed by atoms with E-state index in [1.807, 2.05) is 38.1 Å². The standard InChI is InChI=1S/C25H26Cl2N2O3S/c1-4-22(19-12-8-17(2)9-13-19)28-25(30)20-14-10-18(11-15-20)16-29(33(3,31)32)23-7-5-6-21(26)24(23)27/h5-15,22H,4,16H2,1-3H3,(H,28,30)/t22-/m1/s1. The SMILES string of the molecule is CC[C@@H](NC(=O)c1ccc(CN(c2cccc(Cl)c2Cl)S(C)(=O)=O)cc1)c1ccc(C)cc1. The molecule has 3 rings (SSSR count). The van der Waals surface area contributed by atoms with Gasteiger partial charge in [0, 0.05) is 5.56 Å². The minimum absolute atomic E-state index is 0.0573. The van der Waals surface area contributed by atoms with Crippen molar-refractivity contribution >= 4 is 44.8 Å². The minimum Gasteiger partial charge on any atom is -0.345 e. The van der Waals surface area contributed by atoms with Crippen LogP contribution in [0.15, 0.2) is 66.7 Å². The first-order valence-corrected chi connectivity index (χ1v) is 13.1. The average molecular weight is 505 g/mol. The smallest absolute Gasteiger partial charge is 0.251 e. The third-order valence-corrected chi connectivity index (χ3v) is 7.27. The van der Waals surface area contributed by atoms with Gasteiger partial charge in [0.25, 0.3) is 5.91 Å². The van der Waals surface area contributed by atoms with E-state index >= 15 is 0 Å². The van der Waals surface area contributed by atoms with Crippen LogP contribution in [0.1, 0.15) is 46.4 Å². The highest BCUT2D eigenvalue weighted by Gasteiger charge is 2.22. The summed E-state index contributed by atoms with van der Waals surface area (Å²) in [5.41, 5.74) is 3.72. The molecule has 3 aromatic carbocycles. The van der Waals surface area contributed by atoms with E-state index in [0.29, 0.717) is 16.8 Å². The molecule has 0 aromatic heterocycles. The fourth-order valence-corrected chi connectivity index (χ4v) is 4.80. The Balaban J connectivity index is 1.77. The number of benzene rings is 3. The lowest BCUT2D eigenvalue weighted by atomic mass is 10.0. The summed E-state index contributed by atoms with van der Waals surface area (Å²) in [6.07, 6.45) is 1.87. The quantitative estimate of drug-likeness (QED) is 0.400. The van der Waals surface area contributed by atoms with Crippen LogP contribution in [-0.4, -0.2) is 20.6 Å². The van der Waals surface area contributed by atoms with Crippen molar-refractivity contribution < 1.29 is 13.2 Å². The lowest BCUT2D eigenvalue weighted by molar-refractivity contribution is 0.0935. The van der Waals surface area contributed by atoms with Gasteiger partial charge in [0.15, 0.2) is 0 Å². The molecule has 5 nitrogen and oxygen atoms in total. The second kappa shape index (κ2) is 10.6. The summed E-state index contributed by atoms with van der Waals surface area (Å²) >= 11 is 12.3. The average Bonchev–Trinajstić information content (AvgIpc) is 2.78. The molecule has 0 fully saturated rings. The number of halogens is 2. The number of amides is 1. The Morgan fingerprint density at radius 2 is 1.64 bits per heavy atom. The molecule has 0 bridgehead atoms. The fraction of sp³-hybridized carbons (Fsp3) is 0.240. The number of nitrogens with zero attached hydrogens (tertiary/aromatic N) is 1. The Kier molecular flexibility index (Phi) is 8.05. The van der Waals surface area contributed by atoms with Gasteiger partial charge in [-0.05, 0) is 48.7 Å². The van der Waals surface area contributed by atoms with E-state index in [1.165, 1.54) is 4.31 Å². The van der Waals surface area contributed by atoms with Crippen molar-refractivity contribution in [1.82, 2.24) is 5.32 Å². The van der Waals surface area contributed by atoms with Gasteiger partial charge in [-0.3, -0.25) is 9.10 Å². The molecule has 174 valence electrons. The van der Waals surface area contributed by atoms with Gasteiger partial charge >= 0.3 is 0 Å². The van der Waals surface area contributed by atoms with Crippen LogP contribution < -0.4 is 9.62 Å². The van der Waals surface area contributed by atoms with Gasteiger partial charge < -0.3 is 5.32 Å². The maximum absolute atomic E-state index is 12.8. The molecule has 1 N–H and O–H groups in total. The number of hydrogen-bond donors (Lipinski definition) is 1. The molecule has 0 saturated carbocycles. The predicted molar refractivity (Wildman–Crippen MR) is 136 cm³/mol. The van der Waals surface area contributed by atoms with Crippen LogP contribution in [0.5, 0.6) is 0 Å². The first-order chi connectivity index (χ1) is 15.6. The van der Waals surface area contributed by atoms with Crippen LogP contribution in [0.2, 0.25) is 10.0 Å². The molecule has 33 heavy (non-hydrogen) atoms. The second-order valence-corrected chi connectivity index (χ2v) is 10.6. The van der Waals surface area contributed by atoms with Crippen LogP contribution in [-0.2, 0) is 16.6 Å². The molecule has 0 aliphatic rings. The molecule has 1 amide bonds. The summed E-state index contributed by atoms with van der Waals surface area (Å²) in [7, 11) is -3.62. The molecule has 0 spiro atoms. The highest BCUT2D eigenvalue weighted by atomic mass is 35.5. The second-order valence-electron chi connectivity index (χ2n) is 7.88. The zero-order valence-corrected chi connectivity index (χ0v) is 21.0. The zero-order chi connectivity index (χ0) is 24.2. The lowest BCUT2D eigenvalue weighted by Gasteiger charge is -2.24. The van der Waals surface area contributed by atoms with Crippen molar-refractivity contribution in [2.24, 2.45) is 0 Å². The summed E-state index contributed by atoms with van der Waals surface area (Å²) < 4.78 is 26.1. The third kappa shape index (κ3) is 6.28. The Labute approximate surface area is 205 Å². The fourth-order valence-electron chi connectivity index (χ4n) is 3.45. The molecule has 0 heterocycles. The monoisotopic (exact) mass is 504 g/mol. The van der Waals surface area contributed by atoms with Gasteiger partial charge in [-0.2, -0.15) is 0 Å². The normalized spacial score (nSPS) is 12.3. The Morgan fingerprint density at radius 3 is 2.21 bits per heavy atom.